The maximum atomic E-state index is 4.18. The van der Waals surface area contributed by atoms with Crippen molar-refractivity contribution >= 4 is 0 Å². The highest BCUT2D eigenvalue weighted by molar-refractivity contribution is 5.00. The van der Waals surface area contributed by atoms with E-state index in [4.69, 9.17) is 0 Å². The number of hydrogen-bond acceptors (Lipinski definition) is 3. The number of nitrogens with zero attached hydrogens (tertiary/aromatic N) is 3. The predicted molar refractivity (Wildman–Crippen MR) is 70.0 cm³/mol. The van der Waals surface area contributed by atoms with Crippen LogP contribution in [0.4, 0.5) is 0 Å². The summed E-state index contributed by atoms with van der Waals surface area (Å²) in [4.78, 5) is 2.54. The van der Waals surface area contributed by atoms with Crippen LogP contribution in [0, 0.1) is 5.92 Å². The van der Waals surface area contributed by atoms with Gasteiger partial charge in [-0.2, -0.15) is 5.10 Å². The van der Waals surface area contributed by atoms with Gasteiger partial charge in [0.15, 0.2) is 0 Å². The van der Waals surface area contributed by atoms with E-state index in [0.29, 0.717) is 0 Å². The van der Waals surface area contributed by atoms with Gasteiger partial charge in [-0.1, -0.05) is 6.92 Å². The topological polar surface area (TPSA) is 33.1 Å². The van der Waals surface area contributed by atoms with E-state index in [1.54, 1.807) is 0 Å². The SMILES string of the molecule is CCN1CCC(CNCCc2ccnn2C)C1. The first kappa shape index (κ1) is 12.6. The summed E-state index contributed by atoms with van der Waals surface area (Å²) in [5.74, 6) is 0.849. The zero-order chi connectivity index (χ0) is 12.1. The Morgan fingerprint density at radius 2 is 2.41 bits per heavy atom. The van der Waals surface area contributed by atoms with Gasteiger partial charge in [-0.15, -0.1) is 0 Å². The lowest BCUT2D eigenvalue weighted by molar-refractivity contribution is 0.339. The minimum absolute atomic E-state index is 0.849. The van der Waals surface area contributed by atoms with Crippen LogP contribution in [0.15, 0.2) is 12.3 Å². The second-order valence-corrected chi connectivity index (χ2v) is 4.95. The second kappa shape index (κ2) is 6.17. The third-order valence-electron chi connectivity index (χ3n) is 3.73. The zero-order valence-corrected chi connectivity index (χ0v) is 11.0. The van der Waals surface area contributed by atoms with E-state index in [1.165, 1.54) is 31.7 Å². The number of nitrogens with one attached hydrogen (secondary N) is 1. The Hall–Kier alpha value is -0.870. The lowest BCUT2D eigenvalue weighted by Gasteiger charge is -2.13. The van der Waals surface area contributed by atoms with E-state index in [1.807, 2.05) is 17.9 Å². The number of hydrogen-bond donors (Lipinski definition) is 1. The highest BCUT2D eigenvalue weighted by atomic mass is 15.3. The van der Waals surface area contributed by atoms with Crippen LogP contribution in [0.3, 0.4) is 0 Å². The Morgan fingerprint density at radius 3 is 3.06 bits per heavy atom. The van der Waals surface area contributed by atoms with Gasteiger partial charge in [0, 0.05) is 38.4 Å². The second-order valence-electron chi connectivity index (χ2n) is 4.95. The van der Waals surface area contributed by atoms with Gasteiger partial charge in [0.2, 0.25) is 0 Å². The summed E-state index contributed by atoms with van der Waals surface area (Å²) in [6.45, 7) is 8.22. The molecule has 1 saturated heterocycles. The Kier molecular flexibility index (Phi) is 4.57. The molecule has 0 bridgehead atoms. The molecule has 1 aliphatic heterocycles. The molecule has 0 spiro atoms. The number of rotatable bonds is 6. The molecule has 0 saturated carbocycles. The Morgan fingerprint density at radius 1 is 1.53 bits per heavy atom. The lowest BCUT2D eigenvalue weighted by atomic mass is 10.1. The average molecular weight is 236 g/mol. The quantitative estimate of drug-likeness (QED) is 0.745. The standard InChI is InChI=1S/C13H24N4/c1-3-17-9-6-12(11-17)10-14-7-4-13-5-8-15-16(13)2/h5,8,12,14H,3-4,6-7,9-11H2,1-2H3. The van der Waals surface area contributed by atoms with E-state index < -0.39 is 0 Å². The van der Waals surface area contributed by atoms with Crippen molar-refractivity contribution in [3.63, 3.8) is 0 Å². The van der Waals surface area contributed by atoms with Crippen molar-refractivity contribution in [1.82, 2.24) is 20.0 Å². The monoisotopic (exact) mass is 236 g/mol. The minimum Gasteiger partial charge on any atom is -0.316 e. The van der Waals surface area contributed by atoms with Crippen molar-refractivity contribution in [3.05, 3.63) is 18.0 Å². The predicted octanol–water partition coefficient (Wildman–Crippen LogP) is 0.894. The largest absolute Gasteiger partial charge is 0.316 e. The van der Waals surface area contributed by atoms with Gasteiger partial charge in [-0.3, -0.25) is 4.68 Å². The highest BCUT2D eigenvalue weighted by Gasteiger charge is 2.20. The molecule has 0 aromatic carbocycles. The summed E-state index contributed by atoms with van der Waals surface area (Å²) in [6.07, 6.45) is 4.29. The maximum Gasteiger partial charge on any atom is 0.0492 e. The van der Waals surface area contributed by atoms with Gasteiger partial charge in [0.05, 0.1) is 0 Å². The van der Waals surface area contributed by atoms with Crippen LogP contribution in [0.1, 0.15) is 19.0 Å². The molecular weight excluding hydrogens is 212 g/mol. The van der Waals surface area contributed by atoms with Gasteiger partial charge in [0.1, 0.15) is 0 Å². The van der Waals surface area contributed by atoms with Crippen molar-refractivity contribution in [1.29, 1.82) is 0 Å². The first-order chi connectivity index (χ1) is 8.29. The molecule has 0 aliphatic carbocycles. The molecule has 1 atom stereocenters. The van der Waals surface area contributed by atoms with Gasteiger partial charge in [-0.05, 0) is 38.0 Å². The smallest absolute Gasteiger partial charge is 0.0492 e. The Labute approximate surface area is 104 Å². The molecule has 1 fully saturated rings. The molecule has 0 amide bonds. The molecule has 0 radical (unpaired) electrons. The first-order valence-corrected chi connectivity index (χ1v) is 6.69. The van der Waals surface area contributed by atoms with E-state index >= 15 is 0 Å². The zero-order valence-electron chi connectivity index (χ0n) is 11.0. The van der Waals surface area contributed by atoms with Crippen LogP contribution in [-0.2, 0) is 13.5 Å². The lowest BCUT2D eigenvalue weighted by Crippen LogP contribution is -2.28. The van der Waals surface area contributed by atoms with Crippen LogP contribution in [0.2, 0.25) is 0 Å². The molecule has 96 valence electrons. The molecule has 4 nitrogen and oxygen atoms in total. The summed E-state index contributed by atoms with van der Waals surface area (Å²) < 4.78 is 1.95. The van der Waals surface area contributed by atoms with Crippen LogP contribution in [-0.4, -0.2) is 47.4 Å². The third-order valence-corrected chi connectivity index (χ3v) is 3.73. The Bertz CT molecular complexity index is 334. The van der Waals surface area contributed by atoms with Crippen molar-refractivity contribution in [2.45, 2.75) is 19.8 Å². The molecule has 1 aromatic rings. The van der Waals surface area contributed by atoms with Crippen molar-refractivity contribution < 1.29 is 0 Å². The van der Waals surface area contributed by atoms with Crippen LogP contribution in [0.5, 0.6) is 0 Å². The van der Waals surface area contributed by atoms with Crippen molar-refractivity contribution in [2.24, 2.45) is 13.0 Å². The highest BCUT2D eigenvalue weighted by Crippen LogP contribution is 2.14. The van der Waals surface area contributed by atoms with E-state index in [-0.39, 0.29) is 0 Å². The fourth-order valence-electron chi connectivity index (χ4n) is 2.54. The molecular formula is C13H24N4. The molecule has 2 rings (SSSR count). The van der Waals surface area contributed by atoms with E-state index in [0.717, 1.165) is 25.4 Å². The van der Waals surface area contributed by atoms with Crippen LogP contribution < -0.4 is 5.32 Å². The molecule has 1 aromatic heterocycles. The third kappa shape index (κ3) is 3.54. The van der Waals surface area contributed by atoms with E-state index in [9.17, 15) is 0 Å². The summed E-state index contributed by atoms with van der Waals surface area (Å²) in [7, 11) is 2.01. The fraction of sp³-hybridized carbons (Fsp3) is 0.769. The summed E-state index contributed by atoms with van der Waals surface area (Å²) in [5, 5.41) is 7.75. The number of aromatic nitrogens is 2. The molecule has 4 heteroatoms. The normalized spacial score (nSPS) is 21.2. The molecule has 1 unspecified atom stereocenters. The molecule has 1 aliphatic rings. The summed E-state index contributed by atoms with van der Waals surface area (Å²) >= 11 is 0. The minimum atomic E-state index is 0.849. The van der Waals surface area contributed by atoms with Gasteiger partial charge < -0.3 is 10.2 Å². The average Bonchev–Trinajstić information content (AvgIpc) is 2.94. The first-order valence-electron chi connectivity index (χ1n) is 6.69. The van der Waals surface area contributed by atoms with Crippen LogP contribution >= 0.6 is 0 Å². The van der Waals surface area contributed by atoms with Gasteiger partial charge in [0.25, 0.3) is 0 Å². The molecule has 17 heavy (non-hydrogen) atoms. The summed E-state index contributed by atoms with van der Waals surface area (Å²) in [5.41, 5.74) is 1.30. The van der Waals surface area contributed by atoms with Gasteiger partial charge >= 0.3 is 0 Å². The Balaban J connectivity index is 1.59. The number of aryl methyl sites for hydroxylation is 1. The molecule has 1 N–H and O–H groups in total. The number of likely N-dealkylation sites (tertiary alicyclic amines) is 1. The summed E-state index contributed by atoms with van der Waals surface area (Å²) in [6, 6.07) is 2.09. The maximum absolute atomic E-state index is 4.18. The van der Waals surface area contributed by atoms with E-state index in [2.05, 4.69) is 28.3 Å². The van der Waals surface area contributed by atoms with Crippen LogP contribution in [0.25, 0.3) is 0 Å². The van der Waals surface area contributed by atoms with Crippen molar-refractivity contribution in [2.75, 3.05) is 32.7 Å². The van der Waals surface area contributed by atoms with Crippen molar-refractivity contribution in [3.8, 4) is 0 Å². The van der Waals surface area contributed by atoms with Gasteiger partial charge in [-0.25, -0.2) is 0 Å². The molecule has 2 heterocycles. The fourth-order valence-corrected chi connectivity index (χ4v) is 2.54.